The molecule has 3 fully saturated rings. The summed E-state index contributed by atoms with van der Waals surface area (Å²) in [5, 5.41) is 5.34. The number of aromatic nitrogens is 2. The van der Waals surface area contributed by atoms with Crippen molar-refractivity contribution in [3.63, 3.8) is 0 Å². The molecule has 2 aliphatic carbocycles. The van der Waals surface area contributed by atoms with Gasteiger partial charge < -0.3 is 34.9 Å². The molecule has 13 nitrogen and oxygen atoms in total. The van der Waals surface area contributed by atoms with Crippen LogP contribution in [0, 0.1) is 11.8 Å². The Morgan fingerprint density at radius 2 is 1.44 bits per heavy atom. The first-order chi connectivity index (χ1) is 29.5. The van der Waals surface area contributed by atoms with E-state index in [0.29, 0.717) is 31.3 Å². The lowest BCUT2D eigenvalue weighted by Crippen LogP contribution is -2.51. The Morgan fingerprint density at radius 1 is 0.770 bits per heavy atom. The molecule has 6 atom stereocenters. The molecular formula is C48H55N7O6. The summed E-state index contributed by atoms with van der Waals surface area (Å²) in [6.07, 6.45) is 8.30. The number of alkyl carbamates (subject to hydrolysis) is 2. The fraction of sp³-hybridized carbons (Fsp3) is 0.458. The highest BCUT2D eigenvalue weighted by molar-refractivity contribution is 6.01. The molecule has 318 valence electrons. The zero-order valence-corrected chi connectivity index (χ0v) is 35.6. The van der Waals surface area contributed by atoms with Crippen LogP contribution in [0.1, 0.15) is 93.8 Å². The van der Waals surface area contributed by atoms with Gasteiger partial charge in [0.05, 0.1) is 43.9 Å². The van der Waals surface area contributed by atoms with Gasteiger partial charge in [0.15, 0.2) is 0 Å². The SMILES string of the molecule is COC(=O)NC(C)C(=O)N1CCCC1C1=Nc2ccc(-c3ccc(-c4ccc(-c5cnc(C6CCCN6C(=O)C(NC(=O)OC)C(C)C)[nH]5)cc4)c4c3CC3CCC43)cc2C1. The molecule has 3 N–H and O–H groups in total. The maximum atomic E-state index is 13.7. The summed E-state index contributed by atoms with van der Waals surface area (Å²) in [7, 11) is 2.60. The maximum Gasteiger partial charge on any atom is 0.407 e. The van der Waals surface area contributed by atoms with Crippen molar-refractivity contribution in [1.29, 1.82) is 0 Å². The minimum absolute atomic E-state index is 0.0831. The standard InChI is InChI=1S/C48H55N7O6/c1-26(2)43(53-48(59)61-5)46(57)55-21-7-9-41(55)44-49-25-39(52-44)29-12-10-28(11-13-29)34-18-17-33(36-23-31-14-16-35(31)42(34)36)30-15-19-37-32(22-30)24-38(51-37)40-8-6-20-54(40)45(56)27(3)50-47(58)60-4/h10-13,15,17-19,22,25-27,31,35,40-41,43H,6-9,14,16,20-21,23-24H2,1-5H3,(H,49,52)(H,50,58)(H,53,59). The molecule has 9 rings (SSSR count). The largest absolute Gasteiger partial charge is 0.453 e. The fourth-order valence-electron chi connectivity index (χ4n) is 10.5. The number of ether oxygens (including phenoxy) is 2. The monoisotopic (exact) mass is 825 g/mol. The molecular weight excluding hydrogens is 771 g/mol. The molecule has 4 heterocycles. The number of benzene rings is 3. The molecule has 6 unspecified atom stereocenters. The normalized spacial score (nSPS) is 22.2. The van der Waals surface area contributed by atoms with Crippen LogP contribution in [0.15, 0.2) is 65.8 Å². The third-order valence-corrected chi connectivity index (χ3v) is 13.8. The molecule has 0 radical (unpaired) electrons. The van der Waals surface area contributed by atoms with Gasteiger partial charge in [0.25, 0.3) is 0 Å². The number of methoxy groups -OCH3 is 2. The van der Waals surface area contributed by atoms with Gasteiger partial charge in [0, 0.05) is 25.2 Å². The number of nitrogens with one attached hydrogen (secondary N) is 3. The first kappa shape index (κ1) is 40.4. The molecule has 1 aromatic heterocycles. The first-order valence-corrected chi connectivity index (χ1v) is 21.8. The van der Waals surface area contributed by atoms with Crippen LogP contribution in [0.2, 0.25) is 0 Å². The zero-order chi connectivity index (χ0) is 42.5. The predicted octanol–water partition coefficient (Wildman–Crippen LogP) is 7.87. The summed E-state index contributed by atoms with van der Waals surface area (Å²) < 4.78 is 9.51. The highest BCUT2D eigenvalue weighted by Crippen LogP contribution is 2.56. The van der Waals surface area contributed by atoms with E-state index in [1.807, 2.05) is 29.8 Å². The lowest BCUT2D eigenvalue weighted by Gasteiger charge is -2.31. The molecule has 4 aromatic rings. The molecule has 0 spiro atoms. The van der Waals surface area contributed by atoms with Crippen LogP contribution in [0.5, 0.6) is 0 Å². The Balaban J connectivity index is 0.920. The number of carbonyl (C=O) groups is 4. The minimum atomic E-state index is -0.681. The van der Waals surface area contributed by atoms with Gasteiger partial charge in [-0.1, -0.05) is 56.3 Å². The van der Waals surface area contributed by atoms with Crippen LogP contribution in [-0.2, 0) is 31.9 Å². The van der Waals surface area contributed by atoms with Gasteiger partial charge >= 0.3 is 12.2 Å². The van der Waals surface area contributed by atoms with Crippen molar-refractivity contribution < 1.29 is 28.7 Å². The van der Waals surface area contributed by atoms with Gasteiger partial charge in [0.2, 0.25) is 11.8 Å². The Hall–Kier alpha value is -5.98. The number of fused-ring (bicyclic) bond motifs is 4. The lowest BCUT2D eigenvalue weighted by molar-refractivity contribution is -0.135. The Labute approximate surface area is 356 Å². The van der Waals surface area contributed by atoms with Gasteiger partial charge in [0.1, 0.15) is 17.9 Å². The number of aromatic amines is 1. The predicted molar refractivity (Wildman–Crippen MR) is 232 cm³/mol. The van der Waals surface area contributed by atoms with Crippen molar-refractivity contribution in [3.05, 3.63) is 83.3 Å². The van der Waals surface area contributed by atoms with Crippen LogP contribution in [-0.4, -0.2) is 94.9 Å². The van der Waals surface area contributed by atoms with Crippen molar-refractivity contribution >= 4 is 35.4 Å². The van der Waals surface area contributed by atoms with Gasteiger partial charge in [-0.05, 0) is 126 Å². The summed E-state index contributed by atoms with van der Waals surface area (Å²) in [6.45, 7) is 6.78. The molecule has 3 aromatic carbocycles. The fourth-order valence-corrected chi connectivity index (χ4v) is 10.5. The highest BCUT2D eigenvalue weighted by atomic mass is 16.5. The summed E-state index contributed by atoms with van der Waals surface area (Å²) in [5.41, 5.74) is 13.1. The van der Waals surface area contributed by atoms with Crippen molar-refractivity contribution in [1.82, 2.24) is 30.4 Å². The number of H-pyrrole nitrogens is 1. The van der Waals surface area contributed by atoms with Crippen LogP contribution in [0.25, 0.3) is 33.5 Å². The number of amides is 4. The van der Waals surface area contributed by atoms with E-state index in [1.165, 1.54) is 66.0 Å². The molecule has 13 heteroatoms. The Morgan fingerprint density at radius 3 is 2.15 bits per heavy atom. The van der Waals surface area contributed by atoms with E-state index in [0.717, 1.165) is 60.6 Å². The van der Waals surface area contributed by atoms with E-state index in [9.17, 15) is 19.2 Å². The summed E-state index contributed by atoms with van der Waals surface area (Å²) >= 11 is 0. The number of hydrogen-bond donors (Lipinski definition) is 3. The number of carbonyl (C=O) groups excluding carboxylic acids is 4. The van der Waals surface area contributed by atoms with Crippen LogP contribution >= 0.6 is 0 Å². The summed E-state index contributed by atoms with van der Waals surface area (Å²) in [6, 6.07) is 18.4. The van der Waals surface area contributed by atoms with Gasteiger partial charge in [-0.3, -0.25) is 14.6 Å². The van der Waals surface area contributed by atoms with Crippen molar-refractivity contribution in [2.24, 2.45) is 16.8 Å². The number of likely N-dealkylation sites (tertiary alicyclic amines) is 2. The Bertz CT molecular complexity index is 2400. The van der Waals surface area contributed by atoms with Gasteiger partial charge in [-0.15, -0.1) is 0 Å². The smallest absolute Gasteiger partial charge is 0.407 e. The van der Waals surface area contributed by atoms with E-state index in [-0.39, 0.29) is 29.8 Å². The molecule has 5 aliphatic rings. The molecule has 0 bridgehead atoms. The second-order valence-corrected chi connectivity index (χ2v) is 17.7. The molecule has 4 amide bonds. The van der Waals surface area contributed by atoms with E-state index in [1.54, 1.807) is 6.92 Å². The van der Waals surface area contributed by atoms with Crippen molar-refractivity contribution in [3.8, 4) is 33.5 Å². The minimum Gasteiger partial charge on any atom is -0.453 e. The highest BCUT2D eigenvalue weighted by Gasteiger charge is 2.43. The third-order valence-electron chi connectivity index (χ3n) is 13.8. The van der Waals surface area contributed by atoms with Crippen LogP contribution in [0.4, 0.5) is 15.3 Å². The van der Waals surface area contributed by atoms with E-state index in [2.05, 4.69) is 70.2 Å². The number of rotatable bonds is 10. The molecule has 3 aliphatic heterocycles. The van der Waals surface area contributed by atoms with Crippen molar-refractivity contribution in [2.45, 2.75) is 102 Å². The van der Waals surface area contributed by atoms with E-state index >= 15 is 0 Å². The molecule has 1 saturated carbocycles. The topological polar surface area (TPSA) is 158 Å². The molecule has 2 saturated heterocycles. The molecule has 61 heavy (non-hydrogen) atoms. The first-order valence-electron chi connectivity index (χ1n) is 21.8. The second kappa shape index (κ2) is 16.5. The summed E-state index contributed by atoms with van der Waals surface area (Å²) in [5.74, 6) is 1.66. The number of nitrogens with zero attached hydrogens (tertiary/aromatic N) is 4. The van der Waals surface area contributed by atoms with E-state index < -0.39 is 24.3 Å². The average Bonchev–Trinajstić information content (AvgIpc) is 4.11. The van der Waals surface area contributed by atoms with Gasteiger partial charge in [-0.25, -0.2) is 14.6 Å². The average molecular weight is 826 g/mol. The Kier molecular flexibility index (Phi) is 10.9. The lowest BCUT2D eigenvalue weighted by atomic mass is 9.73. The summed E-state index contributed by atoms with van der Waals surface area (Å²) in [4.78, 5) is 67.9. The quantitative estimate of drug-likeness (QED) is 0.147. The van der Waals surface area contributed by atoms with Crippen molar-refractivity contribution in [2.75, 3.05) is 27.3 Å². The third kappa shape index (κ3) is 7.46. The number of aliphatic imine (C=N–C) groups is 1. The second-order valence-electron chi connectivity index (χ2n) is 17.7. The van der Waals surface area contributed by atoms with Crippen LogP contribution in [0.3, 0.4) is 0 Å². The zero-order valence-electron chi connectivity index (χ0n) is 35.6. The van der Waals surface area contributed by atoms with Gasteiger partial charge in [-0.2, -0.15) is 0 Å². The number of hydrogen-bond acceptors (Lipinski definition) is 8. The maximum absolute atomic E-state index is 13.7. The van der Waals surface area contributed by atoms with Crippen LogP contribution < -0.4 is 10.6 Å². The number of imidazole rings is 1. The van der Waals surface area contributed by atoms with E-state index in [4.69, 9.17) is 19.5 Å².